The van der Waals surface area contributed by atoms with E-state index in [-0.39, 0.29) is 17.9 Å². The minimum atomic E-state index is -0.276. The SMILES string of the molecule is Cn1ccc(N2CCC(=O)N3CCCC3C2=O)n1. The van der Waals surface area contributed by atoms with Gasteiger partial charge in [-0.2, -0.15) is 5.10 Å². The van der Waals surface area contributed by atoms with Crippen molar-refractivity contribution in [3.63, 3.8) is 0 Å². The molecule has 0 spiro atoms. The lowest BCUT2D eigenvalue weighted by atomic mass is 10.2. The molecule has 0 saturated carbocycles. The molecule has 6 heteroatoms. The van der Waals surface area contributed by atoms with E-state index in [0.29, 0.717) is 25.3 Å². The van der Waals surface area contributed by atoms with Gasteiger partial charge in [-0.15, -0.1) is 0 Å². The predicted octanol–water partition coefficient (Wildman–Crippen LogP) is 0.148. The Labute approximate surface area is 105 Å². The highest BCUT2D eigenvalue weighted by molar-refractivity contribution is 6.00. The standard InChI is InChI=1S/C12H16N4O2/c1-14-7-4-10(13-14)16-8-5-11(17)15-6-2-3-9(15)12(16)18/h4,7,9H,2-3,5-6,8H2,1H3. The highest BCUT2D eigenvalue weighted by Crippen LogP contribution is 2.25. The highest BCUT2D eigenvalue weighted by atomic mass is 16.2. The maximum atomic E-state index is 12.5. The first kappa shape index (κ1) is 11.3. The molecule has 2 saturated heterocycles. The van der Waals surface area contributed by atoms with Crippen LogP contribution in [-0.4, -0.2) is 45.6 Å². The molecule has 1 aromatic rings. The lowest BCUT2D eigenvalue weighted by Crippen LogP contribution is -2.43. The quantitative estimate of drug-likeness (QED) is 0.710. The average Bonchev–Trinajstić information content (AvgIpc) is 2.95. The van der Waals surface area contributed by atoms with Gasteiger partial charge in [-0.3, -0.25) is 19.2 Å². The molecule has 6 nitrogen and oxygen atoms in total. The zero-order chi connectivity index (χ0) is 12.7. The minimum Gasteiger partial charge on any atom is -0.331 e. The number of anilines is 1. The maximum Gasteiger partial charge on any atom is 0.251 e. The largest absolute Gasteiger partial charge is 0.331 e. The highest BCUT2D eigenvalue weighted by Gasteiger charge is 2.40. The molecule has 3 heterocycles. The average molecular weight is 248 g/mol. The molecule has 96 valence electrons. The summed E-state index contributed by atoms with van der Waals surface area (Å²) >= 11 is 0. The molecule has 2 fully saturated rings. The van der Waals surface area contributed by atoms with Gasteiger partial charge in [-0.25, -0.2) is 0 Å². The van der Waals surface area contributed by atoms with Crippen LogP contribution in [0.15, 0.2) is 12.3 Å². The van der Waals surface area contributed by atoms with Gasteiger partial charge < -0.3 is 4.90 Å². The van der Waals surface area contributed by atoms with Crippen molar-refractivity contribution >= 4 is 17.6 Å². The third kappa shape index (κ3) is 1.68. The third-order valence-corrected chi connectivity index (χ3v) is 3.65. The van der Waals surface area contributed by atoms with Gasteiger partial charge >= 0.3 is 0 Å². The summed E-state index contributed by atoms with van der Waals surface area (Å²) in [4.78, 5) is 27.8. The Bertz CT molecular complexity index is 496. The molecule has 1 atom stereocenters. The van der Waals surface area contributed by atoms with E-state index in [9.17, 15) is 9.59 Å². The van der Waals surface area contributed by atoms with Crippen LogP contribution in [-0.2, 0) is 16.6 Å². The molecule has 2 amide bonds. The van der Waals surface area contributed by atoms with E-state index >= 15 is 0 Å². The number of carbonyl (C=O) groups is 2. The van der Waals surface area contributed by atoms with Gasteiger partial charge in [0, 0.05) is 38.8 Å². The van der Waals surface area contributed by atoms with Crippen LogP contribution in [0, 0.1) is 0 Å². The van der Waals surface area contributed by atoms with Gasteiger partial charge in [0.25, 0.3) is 5.91 Å². The van der Waals surface area contributed by atoms with E-state index in [0.717, 1.165) is 12.8 Å². The van der Waals surface area contributed by atoms with Gasteiger partial charge in [-0.1, -0.05) is 0 Å². The van der Waals surface area contributed by atoms with E-state index in [4.69, 9.17) is 0 Å². The second kappa shape index (κ2) is 4.12. The summed E-state index contributed by atoms with van der Waals surface area (Å²) in [6.07, 6.45) is 3.88. The van der Waals surface area contributed by atoms with Crippen molar-refractivity contribution in [3.05, 3.63) is 12.3 Å². The van der Waals surface area contributed by atoms with Crippen LogP contribution in [0.25, 0.3) is 0 Å². The van der Waals surface area contributed by atoms with Crippen LogP contribution in [0.2, 0.25) is 0 Å². The number of amides is 2. The van der Waals surface area contributed by atoms with E-state index in [1.807, 2.05) is 19.3 Å². The minimum absolute atomic E-state index is 0.0112. The van der Waals surface area contributed by atoms with Crippen molar-refractivity contribution in [1.29, 1.82) is 0 Å². The summed E-state index contributed by atoms with van der Waals surface area (Å²) in [5, 5.41) is 4.26. The molecule has 1 aromatic heterocycles. The number of hydrogen-bond acceptors (Lipinski definition) is 3. The number of aromatic nitrogens is 2. The summed E-state index contributed by atoms with van der Waals surface area (Å²) in [7, 11) is 1.82. The van der Waals surface area contributed by atoms with Crippen LogP contribution in [0.3, 0.4) is 0 Å². The van der Waals surface area contributed by atoms with Crippen LogP contribution in [0.5, 0.6) is 0 Å². The Morgan fingerprint density at radius 3 is 2.89 bits per heavy atom. The van der Waals surface area contributed by atoms with Crippen molar-refractivity contribution in [2.75, 3.05) is 18.0 Å². The summed E-state index contributed by atoms with van der Waals surface area (Å²) in [5.74, 6) is 0.741. The summed E-state index contributed by atoms with van der Waals surface area (Å²) < 4.78 is 1.67. The molecule has 0 aliphatic carbocycles. The van der Waals surface area contributed by atoms with Crippen molar-refractivity contribution in [2.24, 2.45) is 7.05 Å². The first-order valence-corrected chi connectivity index (χ1v) is 6.27. The van der Waals surface area contributed by atoms with Crippen molar-refractivity contribution in [1.82, 2.24) is 14.7 Å². The molecule has 0 bridgehead atoms. The molecular formula is C12H16N4O2. The molecule has 2 aliphatic heterocycles. The fourth-order valence-corrected chi connectivity index (χ4v) is 2.74. The normalized spacial score (nSPS) is 24.4. The molecule has 0 N–H and O–H groups in total. The molecule has 0 radical (unpaired) electrons. The van der Waals surface area contributed by atoms with Gasteiger partial charge in [0.15, 0.2) is 5.82 Å². The summed E-state index contributed by atoms with van der Waals surface area (Å²) in [6.45, 7) is 1.15. The predicted molar refractivity (Wildman–Crippen MR) is 64.9 cm³/mol. The second-order valence-electron chi connectivity index (χ2n) is 4.83. The van der Waals surface area contributed by atoms with Crippen LogP contribution in [0.4, 0.5) is 5.82 Å². The van der Waals surface area contributed by atoms with Gasteiger partial charge in [0.1, 0.15) is 6.04 Å². The number of carbonyl (C=O) groups excluding carboxylic acids is 2. The molecule has 0 aromatic carbocycles. The Hall–Kier alpha value is -1.85. The lowest BCUT2D eigenvalue weighted by molar-refractivity contribution is -0.135. The Kier molecular flexibility index (Phi) is 2.57. The first-order chi connectivity index (χ1) is 8.66. The van der Waals surface area contributed by atoms with Crippen molar-refractivity contribution in [3.8, 4) is 0 Å². The van der Waals surface area contributed by atoms with Crippen LogP contribution >= 0.6 is 0 Å². The number of hydrogen-bond donors (Lipinski definition) is 0. The Balaban J connectivity index is 1.92. The fourth-order valence-electron chi connectivity index (χ4n) is 2.74. The van der Waals surface area contributed by atoms with Gasteiger partial charge in [0.05, 0.1) is 0 Å². The van der Waals surface area contributed by atoms with Crippen LogP contribution < -0.4 is 4.90 Å². The Morgan fingerprint density at radius 1 is 1.33 bits per heavy atom. The molecular weight excluding hydrogens is 232 g/mol. The van der Waals surface area contributed by atoms with E-state index in [1.54, 1.807) is 14.5 Å². The fraction of sp³-hybridized carbons (Fsp3) is 0.583. The smallest absolute Gasteiger partial charge is 0.251 e. The van der Waals surface area contributed by atoms with Crippen molar-refractivity contribution < 1.29 is 9.59 Å². The van der Waals surface area contributed by atoms with E-state index < -0.39 is 0 Å². The number of fused-ring (bicyclic) bond motifs is 1. The van der Waals surface area contributed by atoms with Crippen molar-refractivity contribution in [2.45, 2.75) is 25.3 Å². The second-order valence-corrected chi connectivity index (χ2v) is 4.83. The zero-order valence-electron chi connectivity index (χ0n) is 10.4. The first-order valence-electron chi connectivity index (χ1n) is 6.27. The zero-order valence-corrected chi connectivity index (χ0v) is 10.4. The van der Waals surface area contributed by atoms with Gasteiger partial charge in [-0.05, 0) is 12.8 Å². The van der Waals surface area contributed by atoms with E-state index in [1.165, 1.54) is 0 Å². The third-order valence-electron chi connectivity index (χ3n) is 3.65. The molecule has 18 heavy (non-hydrogen) atoms. The Morgan fingerprint density at radius 2 is 2.17 bits per heavy atom. The van der Waals surface area contributed by atoms with Gasteiger partial charge in [0.2, 0.25) is 5.91 Å². The lowest BCUT2D eigenvalue weighted by Gasteiger charge is -2.23. The number of nitrogens with zero attached hydrogens (tertiary/aromatic N) is 4. The maximum absolute atomic E-state index is 12.5. The number of aryl methyl sites for hydroxylation is 1. The van der Waals surface area contributed by atoms with E-state index in [2.05, 4.69) is 5.10 Å². The summed E-state index contributed by atoms with van der Waals surface area (Å²) in [5.41, 5.74) is 0. The molecule has 2 aliphatic rings. The van der Waals surface area contributed by atoms with Crippen LogP contribution in [0.1, 0.15) is 19.3 Å². The molecule has 3 rings (SSSR count). The summed E-state index contributed by atoms with van der Waals surface area (Å²) in [6, 6.07) is 1.54. The molecule has 1 unspecified atom stereocenters. The monoisotopic (exact) mass is 248 g/mol. The number of rotatable bonds is 1. The topological polar surface area (TPSA) is 58.4 Å².